The van der Waals surface area contributed by atoms with Crippen LogP contribution in [0.3, 0.4) is 0 Å². The van der Waals surface area contributed by atoms with Gasteiger partial charge in [-0.25, -0.2) is 19.5 Å². The van der Waals surface area contributed by atoms with Crippen LogP contribution in [0, 0.1) is 0 Å². The number of ether oxygens (including phenoxy) is 1. The maximum Gasteiger partial charge on any atom is 0.472 e. The summed E-state index contributed by atoms with van der Waals surface area (Å²) in [6.07, 6.45) is -2.47. The maximum atomic E-state index is 11.8. The normalized spacial score (nSPS) is 30.4. The fourth-order valence-electron chi connectivity index (χ4n) is 3.67. The van der Waals surface area contributed by atoms with E-state index in [0.717, 1.165) is 5.56 Å². The smallest absolute Gasteiger partial charge is 0.386 e. The van der Waals surface area contributed by atoms with Gasteiger partial charge in [-0.15, -0.1) is 0 Å². The molecule has 3 aromatic rings. The second kappa shape index (κ2) is 8.14. The first-order valence-electron chi connectivity index (χ1n) is 9.53. The minimum Gasteiger partial charge on any atom is -0.386 e. The number of phosphoric acid groups is 1. The molecule has 2 fully saturated rings. The lowest BCUT2D eigenvalue weighted by Gasteiger charge is -2.27. The summed E-state index contributed by atoms with van der Waals surface area (Å²) in [5, 5.41) is 14.5. The van der Waals surface area contributed by atoms with Gasteiger partial charge in [0.05, 0.1) is 6.61 Å². The molecule has 0 radical (unpaired) electrons. The molecule has 0 saturated carbocycles. The molecule has 2 aliphatic rings. The van der Waals surface area contributed by atoms with Crippen LogP contribution in [0.1, 0.15) is 11.8 Å². The summed E-state index contributed by atoms with van der Waals surface area (Å²) in [5.74, 6) is 1.17. The minimum absolute atomic E-state index is 0.165. The van der Waals surface area contributed by atoms with E-state index >= 15 is 0 Å². The van der Waals surface area contributed by atoms with E-state index in [0.29, 0.717) is 27.9 Å². The Morgan fingerprint density at radius 2 is 2.13 bits per heavy atom. The Labute approximate surface area is 181 Å². The fraction of sp³-hybridized carbons (Fsp3) is 0.389. The van der Waals surface area contributed by atoms with Gasteiger partial charge in [0.1, 0.15) is 24.6 Å². The number of anilines is 1. The molecular formula is C18H20N5O6PS. The van der Waals surface area contributed by atoms with Gasteiger partial charge >= 0.3 is 7.82 Å². The van der Waals surface area contributed by atoms with Crippen LogP contribution in [0.25, 0.3) is 11.2 Å². The third-order valence-corrected chi connectivity index (χ3v) is 7.12. The standard InChI is InChI=1S/C18H20N5O6PS/c1-19-15-12-16(21-9-20-15)23(18(22-12)31-8-10-5-3-2-4-6-10)17-13(24)14-11(28-17)7-27-30(25,26)29-14/h2-6,9,11,13-14,17,24H,7-8H2,1H3,(H,25,26)(H,19,20,21). The highest BCUT2D eigenvalue weighted by Gasteiger charge is 2.53. The van der Waals surface area contributed by atoms with E-state index in [1.807, 2.05) is 30.3 Å². The van der Waals surface area contributed by atoms with Gasteiger partial charge in [-0.1, -0.05) is 42.1 Å². The summed E-state index contributed by atoms with van der Waals surface area (Å²) in [6, 6.07) is 9.89. The molecule has 4 heterocycles. The van der Waals surface area contributed by atoms with Crippen molar-refractivity contribution in [2.45, 2.75) is 35.4 Å². The molecule has 164 valence electrons. The number of aliphatic hydroxyl groups is 1. The van der Waals surface area contributed by atoms with Gasteiger partial charge in [0, 0.05) is 12.8 Å². The summed E-state index contributed by atoms with van der Waals surface area (Å²) in [7, 11) is -2.50. The zero-order chi connectivity index (χ0) is 21.6. The van der Waals surface area contributed by atoms with Crippen molar-refractivity contribution < 1.29 is 28.3 Å². The number of phosphoric ester groups is 1. The van der Waals surface area contributed by atoms with Gasteiger partial charge < -0.3 is 20.1 Å². The first-order chi connectivity index (χ1) is 15.0. The second-order valence-electron chi connectivity index (χ2n) is 7.07. The Bertz CT molecular complexity index is 1150. The van der Waals surface area contributed by atoms with E-state index in [-0.39, 0.29) is 6.61 Å². The number of nitrogens with one attached hydrogen (secondary N) is 1. The molecule has 2 saturated heterocycles. The molecule has 0 aliphatic carbocycles. The fourth-order valence-corrected chi connectivity index (χ4v) is 5.61. The van der Waals surface area contributed by atoms with Crippen molar-refractivity contribution in [1.29, 1.82) is 0 Å². The van der Waals surface area contributed by atoms with E-state index in [4.69, 9.17) is 18.8 Å². The molecule has 2 aliphatic heterocycles. The van der Waals surface area contributed by atoms with Crippen molar-refractivity contribution in [2.75, 3.05) is 19.0 Å². The lowest BCUT2D eigenvalue weighted by atomic mass is 10.1. The van der Waals surface area contributed by atoms with Crippen LogP contribution in [-0.2, 0) is 24.1 Å². The Hall–Kier alpha value is -2.05. The van der Waals surface area contributed by atoms with Gasteiger partial charge in [0.15, 0.2) is 28.4 Å². The van der Waals surface area contributed by atoms with E-state index in [9.17, 15) is 14.6 Å². The molecule has 0 amide bonds. The van der Waals surface area contributed by atoms with Crippen LogP contribution in [0.2, 0.25) is 0 Å². The number of rotatable bonds is 5. The number of fused-ring (bicyclic) bond motifs is 2. The quantitative estimate of drug-likeness (QED) is 0.376. The lowest BCUT2D eigenvalue weighted by Crippen LogP contribution is -2.39. The Morgan fingerprint density at radius 1 is 1.32 bits per heavy atom. The largest absolute Gasteiger partial charge is 0.472 e. The Morgan fingerprint density at radius 3 is 2.90 bits per heavy atom. The number of benzene rings is 1. The molecule has 13 heteroatoms. The Kier molecular flexibility index (Phi) is 5.47. The predicted octanol–water partition coefficient (Wildman–Crippen LogP) is 1.93. The van der Waals surface area contributed by atoms with Crippen molar-refractivity contribution in [3.8, 4) is 0 Å². The zero-order valence-electron chi connectivity index (χ0n) is 16.4. The van der Waals surface area contributed by atoms with Crippen LogP contribution >= 0.6 is 19.6 Å². The van der Waals surface area contributed by atoms with Crippen molar-refractivity contribution in [2.24, 2.45) is 0 Å². The molecule has 5 unspecified atom stereocenters. The number of thioether (sulfide) groups is 1. The average molecular weight is 465 g/mol. The van der Waals surface area contributed by atoms with E-state index in [1.54, 1.807) is 11.6 Å². The van der Waals surface area contributed by atoms with Crippen LogP contribution < -0.4 is 5.32 Å². The van der Waals surface area contributed by atoms with Crippen molar-refractivity contribution >= 4 is 36.6 Å². The van der Waals surface area contributed by atoms with Crippen molar-refractivity contribution in [3.05, 3.63) is 42.2 Å². The topological polar surface area (TPSA) is 141 Å². The summed E-state index contributed by atoms with van der Waals surface area (Å²) >= 11 is 1.46. The summed E-state index contributed by atoms with van der Waals surface area (Å²) in [6.45, 7) is -0.165. The lowest BCUT2D eigenvalue weighted by molar-refractivity contribution is -0.0684. The first kappa shape index (κ1) is 20.8. The molecule has 31 heavy (non-hydrogen) atoms. The highest BCUT2D eigenvalue weighted by Crippen LogP contribution is 2.53. The first-order valence-corrected chi connectivity index (χ1v) is 12.0. The molecule has 0 spiro atoms. The van der Waals surface area contributed by atoms with Crippen molar-refractivity contribution in [1.82, 2.24) is 19.5 Å². The number of imidazole rings is 1. The zero-order valence-corrected chi connectivity index (χ0v) is 18.1. The van der Waals surface area contributed by atoms with E-state index < -0.39 is 32.4 Å². The number of nitrogens with zero attached hydrogens (tertiary/aromatic N) is 4. The van der Waals surface area contributed by atoms with Crippen molar-refractivity contribution in [3.63, 3.8) is 0 Å². The van der Waals surface area contributed by atoms with Gasteiger partial charge in [0.2, 0.25) is 0 Å². The van der Waals surface area contributed by atoms with Gasteiger partial charge in [-0.3, -0.25) is 13.6 Å². The van der Waals surface area contributed by atoms with Gasteiger partial charge in [-0.2, -0.15) is 0 Å². The van der Waals surface area contributed by atoms with Gasteiger partial charge in [0.25, 0.3) is 0 Å². The molecule has 3 N–H and O–H groups in total. The number of aliphatic hydroxyl groups excluding tert-OH is 1. The van der Waals surface area contributed by atoms with Crippen LogP contribution in [-0.4, -0.2) is 61.5 Å². The summed E-state index contributed by atoms with van der Waals surface area (Å²) in [4.78, 5) is 22.9. The third kappa shape index (κ3) is 3.85. The highest BCUT2D eigenvalue weighted by atomic mass is 32.2. The third-order valence-electron chi connectivity index (χ3n) is 5.11. The number of aromatic nitrogens is 4. The van der Waals surface area contributed by atoms with Crippen LogP contribution in [0.4, 0.5) is 5.82 Å². The predicted molar refractivity (Wildman–Crippen MR) is 111 cm³/mol. The molecule has 1 aromatic carbocycles. The number of hydrogen-bond donors (Lipinski definition) is 3. The SMILES string of the molecule is CNc1ncnc2c1nc(SCc1ccccc1)n2C1OC2COP(=O)(O)OC2C1O. The van der Waals surface area contributed by atoms with E-state index in [1.165, 1.54) is 18.1 Å². The molecule has 5 rings (SSSR count). The van der Waals surface area contributed by atoms with Crippen LogP contribution in [0.5, 0.6) is 0 Å². The molecule has 0 bridgehead atoms. The maximum absolute atomic E-state index is 11.8. The molecular weight excluding hydrogens is 445 g/mol. The summed E-state index contributed by atoms with van der Waals surface area (Å²) < 4.78 is 29.4. The molecule has 11 nitrogen and oxygen atoms in total. The second-order valence-corrected chi connectivity index (χ2v) is 9.42. The van der Waals surface area contributed by atoms with Gasteiger partial charge in [-0.05, 0) is 5.56 Å². The molecule has 5 atom stereocenters. The van der Waals surface area contributed by atoms with E-state index in [2.05, 4.69) is 15.3 Å². The Balaban J connectivity index is 1.54. The average Bonchev–Trinajstić information content (AvgIpc) is 3.29. The number of hydrogen-bond acceptors (Lipinski definition) is 10. The monoisotopic (exact) mass is 465 g/mol. The minimum atomic E-state index is -4.23. The van der Waals surface area contributed by atoms with Crippen LogP contribution in [0.15, 0.2) is 41.8 Å². The summed E-state index contributed by atoms with van der Waals surface area (Å²) in [5.41, 5.74) is 2.09. The highest BCUT2D eigenvalue weighted by molar-refractivity contribution is 7.98. The molecule has 2 aromatic heterocycles.